The summed E-state index contributed by atoms with van der Waals surface area (Å²) in [5.74, 6) is -0.152. The van der Waals surface area contributed by atoms with Gasteiger partial charge in [0.1, 0.15) is 10.2 Å². The smallest absolute Gasteiger partial charge is 0.410 e. The molecule has 23 heavy (non-hydrogen) atoms. The van der Waals surface area contributed by atoms with Crippen molar-refractivity contribution in [2.45, 2.75) is 45.3 Å². The SMILES string of the molecule is Cn1ncc(C(=O)NC2CCN(C(=O)OC(C)(C)C)CC2)c1Br. The average Bonchev–Trinajstić information content (AvgIpc) is 2.78. The minimum atomic E-state index is -0.491. The Bertz CT molecular complexity index is 586. The third-order valence-electron chi connectivity index (χ3n) is 3.59. The fourth-order valence-electron chi connectivity index (χ4n) is 2.37. The van der Waals surface area contributed by atoms with Crippen LogP contribution in [0.15, 0.2) is 10.8 Å². The Hall–Kier alpha value is -1.57. The predicted octanol–water partition coefficient (Wildman–Crippen LogP) is 2.31. The molecule has 1 N–H and O–H groups in total. The van der Waals surface area contributed by atoms with Crippen molar-refractivity contribution in [3.63, 3.8) is 0 Å². The summed E-state index contributed by atoms with van der Waals surface area (Å²) < 4.78 is 7.61. The molecule has 2 heterocycles. The van der Waals surface area contributed by atoms with E-state index < -0.39 is 5.60 Å². The first-order valence-electron chi connectivity index (χ1n) is 7.63. The monoisotopic (exact) mass is 386 g/mol. The van der Waals surface area contributed by atoms with Gasteiger partial charge in [0, 0.05) is 26.2 Å². The van der Waals surface area contributed by atoms with Crippen molar-refractivity contribution in [2.75, 3.05) is 13.1 Å². The molecular formula is C15H23BrN4O3. The molecule has 0 bridgehead atoms. The molecular weight excluding hydrogens is 364 g/mol. The lowest BCUT2D eigenvalue weighted by Crippen LogP contribution is -2.47. The van der Waals surface area contributed by atoms with Gasteiger partial charge in [-0.25, -0.2) is 4.79 Å². The zero-order chi connectivity index (χ0) is 17.2. The highest BCUT2D eigenvalue weighted by atomic mass is 79.9. The maximum atomic E-state index is 12.3. The number of aromatic nitrogens is 2. The highest BCUT2D eigenvalue weighted by Crippen LogP contribution is 2.18. The van der Waals surface area contributed by atoms with Crippen LogP contribution in [0, 0.1) is 0 Å². The number of hydrogen-bond donors (Lipinski definition) is 1. The van der Waals surface area contributed by atoms with Gasteiger partial charge in [0.2, 0.25) is 0 Å². The lowest BCUT2D eigenvalue weighted by atomic mass is 10.1. The third kappa shape index (κ3) is 4.70. The van der Waals surface area contributed by atoms with Crippen molar-refractivity contribution in [1.29, 1.82) is 0 Å². The van der Waals surface area contributed by atoms with Gasteiger partial charge in [-0.3, -0.25) is 9.48 Å². The highest BCUT2D eigenvalue weighted by Gasteiger charge is 2.28. The number of aryl methyl sites for hydroxylation is 1. The number of nitrogens with one attached hydrogen (secondary N) is 1. The number of likely N-dealkylation sites (tertiary alicyclic amines) is 1. The van der Waals surface area contributed by atoms with E-state index in [4.69, 9.17) is 4.74 Å². The number of ether oxygens (including phenoxy) is 1. The fraction of sp³-hybridized carbons (Fsp3) is 0.667. The number of rotatable bonds is 2. The number of piperidine rings is 1. The van der Waals surface area contributed by atoms with Gasteiger partial charge in [-0.1, -0.05) is 0 Å². The number of nitrogens with zero attached hydrogens (tertiary/aromatic N) is 3. The second-order valence-corrected chi connectivity index (χ2v) is 7.44. The Morgan fingerprint density at radius 3 is 2.43 bits per heavy atom. The average molecular weight is 387 g/mol. The summed E-state index contributed by atoms with van der Waals surface area (Å²) in [4.78, 5) is 25.9. The fourth-order valence-corrected chi connectivity index (χ4v) is 2.74. The lowest BCUT2D eigenvalue weighted by molar-refractivity contribution is 0.0199. The molecule has 0 saturated carbocycles. The van der Waals surface area contributed by atoms with E-state index in [-0.39, 0.29) is 18.0 Å². The van der Waals surface area contributed by atoms with Crippen LogP contribution in [-0.2, 0) is 11.8 Å². The minimum Gasteiger partial charge on any atom is -0.444 e. The molecule has 0 radical (unpaired) electrons. The van der Waals surface area contributed by atoms with Crippen LogP contribution >= 0.6 is 15.9 Å². The van der Waals surface area contributed by atoms with E-state index in [1.807, 2.05) is 20.8 Å². The number of carbonyl (C=O) groups excluding carboxylic acids is 2. The van der Waals surface area contributed by atoms with Gasteiger partial charge in [0.15, 0.2) is 0 Å². The van der Waals surface area contributed by atoms with Crippen LogP contribution in [0.2, 0.25) is 0 Å². The summed E-state index contributed by atoms with van der Waals surface area (Å²) in [6.45, 7) is 6.71. The molecule has 0 unspecified atom stereocenters. The van der Waals surface area contributed by atoms with E-state index in [0.29, 0.717) is 36.1 Å². The van der Waals surface area contributed by atoms with Crippen LogP contribution in [0.3, 0.4) is 0 Å². The summed E-state index contributed by atoms with van der Waals surface area (Å²) in [5.41, 5.74) is 0.0245. The zero-order valence-corrected chi connectivity index (χ0v) is 15.5. The van der Waals surface area contributed by atoms with Gasteiger partial charge in [0.25, 0.3) is 5.91 Å². The van der Waals surface area contributed by atoms with Crippen LogP contribution in [0.5, 0.6) is 0 Å². The van der Waals surface area contributed by atoms with Crippen molar-refractivity contribution in [3.05, 3.63) is 16.4 Å². The third-order valence-corrected chi connectivity index (χ3v) is 4.53. The highest BCUT2D eigenvalue weighted by molar-refractivity contribution is 9.10. The minimum absolute atomic E-state index is 0.0493. The van der Waals surface area contributed by atoms with Gasteiger partial charge in [-0.05, 0) is 49.5 Å². The Morgan fingerprint density at radius 2 is 1.96 bits per heavy atom. The molecule has 0 aliphatic carbocycles. The van der Waals surface area contributed by atoms with Gasteiger partial charge >= 0.3 is 6.09 Å². The Balaban J connectivity index is 1.84. The van der Waals surface area contributed by atoms with Crippen LogP contribution < -0.4 is 5.32 Å². The number of amides is 2. The maximum Gasteiger partial charge on any atom is 0.410 e. The van der Waals surface area contributed by atoms with E-state index in [1.165, 1.54) is 6.20 Å². The predicted molar refractivity (Wildman–Crippen MR) is 89.2 cm³/mol. The first kappa shape index (κ1) is 17.8. The van der Waals surface area contributed by atoms with Crippen LogP contribution in [0.25, 0.3) is 0 Å². The van der Waals surface area contributed by atoms with E-state index in [0.717, 1.165) is 0 Å². The van der Waals surface area contributed by atoms with Gasteiger partial charge in [-0.2, -0.15) is 5.10 Å². The molecule has 1 aliphatic rings. The zero-order valence-electron chi connectivity index (χ0n) is 13.9. The van der Waals surface area contributed by atoms with Crippen molar-refractivity contribution in [1.82, 2.24) is 20.0 Å². The van der Waals surface area contributed by atoms with Crippen molar-refractivity contribution in [3.8, 4) is 0 Å². The van der Waals surface area contributed by atoms with E-state index >= 15 is 0 Å². The van der Waals surface area contributed by atoms with Crippen LogP contribution in [0.1, 0.15) is 44.0 Å². The van der Waals surface area contributed by atoms with Gasteiger partial charge < -0.3 is 15.0 Å². The summed E-state index contributed by atoms with van der Waals surface area (Å²) >= 11 is 3.34. The first-order valence-corrected chi connectivity index (χ1v) is 8.43. The summed E-state index contributed by atoms with van der Waals surface area (Å²) in [7, 11) is 1.76. The van der Waals surface area contributed by atoms with E-state index in [9.17, 15) is 9.59 Å². The molecule has 1 saturated heterocycles. The molecule has 8 heteroatoms. The molecule has 128 valence electrons. The normalized spacial score (nSPS) is 16.3. The molecule has 1 aromatic rings. The quantitative estimate of drug-likeness (QED) is 0.845. The molecule has 1 fully saturated rings. The van der Waals surface area contributed by atoms with Crippen molar-refractivity contribution >= 4 is 27.9 Å². The number of halogens is 1. The molecule has 2 rings (SSSR count). The van der Waals surface area contributed by atoms with Crippen LogP contribution in [-0.4, -0.2) is 51.4 Å². The molecule has 0 aromatic carbocycles. The van der Waals surface area contributed by atoms with Crippen molar-refractivity contribution < 1.29 is 14.3 Å². The molecule has 1 aromatic heterocycles. The summed E-state index contributed by atoms with van der Waals surface area (Å²) in [6.07, 6.45) is 2.67. The molecule has 7 nitrogen and oxygen atoms in total. The topological polar surface area (TPSA) is 76.5 Å². The Kier molecular flexibility index (Phi) is 5.33. The molecule has 0 spiro atoms. The molecule has 2 amide bonds. The van der Waals surface area contributed by atoms with Crippen LogP contribution in [0.4, 0.5) is 4.79 Å². The Labute approximate surface area is 144 Å². The lowest BCUT2D eigenvalue weighted by Gasteiger charge is -2.33. The Morgan fingerprint density at radius 1 is 1.35 bits per heavy atom. The second-order valence-electron chi connectivity index (χ2n) is 6.69. The van der Waals surface area contributed by atoms with Crippen molar-refractivity contribution in [2.24, 2.45) is 7.05 Å². The summed E-state index contributed by atoms with van der Waals surface area (Å²) in [5, 5.41) is 7.04. The first-order chi connectivity index (χ1) is 10.7. The number of hydrogen-bond acceptors (Lipinski definition) is 4. The molecule has 1 aliphatic heterocycles. The number of carbonyl (C=O) groups is 2. The second kappa shape index (κ2) is 6.90. The maximum absolute atomic E-state index is 12.3. The van der Waals surface area contributed by atoms with E-state index in [1.54, 1.807) is 16.6 Å². The molecule has 0 atom stereocenters. The largest absolute Gasteiger partial charge is 0.444 e. The van der Waals surface area contributed by atoms with Gasteiger partial charge in [0.05, 0.1) is 11.8 Å². The summed E-state index contributed by atoms with van der Waals surface area (Å²) in [6, 6.07) is 0.0493. The van der Waals surface area contributed by atoms with E-state index in [2.05, 4.69) is 26.3 Å². The standard InChI is InChI=1S/C15H23BrN4O3/c1-15(2,3)23-14(22)20-7-5-10(6-8-20)18-13(21)11-9-17-19(4)12(11)16/h9-10H,5-8H2,1-4H3,(H,18,21). The van der Waals surface area contributed by atoms with Gasteiger partial charge in [-0.15, -0.1) is 0 Å².